The smallest absolute Gasteiger partial charge is 0.139 e. The molecule has 0 aliphatic heterocycles. The summed E-state index contributed by atoms with van der Waals surface area (Å²) in [5, 5.41) is 14.8. The summed E-state index contributed by atoms with van der Waals surface area (Å²) >= 11 is 0. The first-order valence-corrected chi connectivity index (χ1v) is 6.93. The molecule has 1 rings (SSSR count). The summed E-state index contributed by atoms with van der Waals surface area (Å²) in [6, 6.07) is 0. The molecule has 0 saturated heterocycles. The average molecular weight is 241 g/mol. The molecule has 0 aromatic rings. The molecule has 1 saturated carbocycles. The van der Waals surface area contributed by atoms with Crippen molar-refractivity contribution in [2.24, 2.45) is 22.7 Å². The molecule has 0 atom stereocenters. The fourth-order valence-corrected chi connectivity index (χ4v) is 2.59. The van der Waals surface area contributed by atoms with E-state index in [1.807, 2.05) is 0 Å². The van der Waals surface area contributed by atoms with Gasteiger partial charge in [0.15, 0.2) is 0 Å². The molecule has 0 radical (unpaired) electrons. The van der Waals surface area contributed by atoms with Crippen LogP contribution < -0.4 is 11.1 Å². The molecule has 1 aliphatic carbocycles. The monoisotopic (exact) mass is 241 g/mol. The molecule has 4 N–H and O–H groups in total. The van der Waals surface area contributed by atoms with Gasteiger partial charge in [0.2, 0.25) is 0 Å². The van der Waals surface area contributed by atoms with Crippen molar-refractivity contribution in [2.45, 2.75) is 51.9 Å². The molecule has 4 heteroatoms. The van der Waals surface area contributed by atoms with Crippen molar-refractivity contribution in [1.29, 1.82) is 0 Å². The number of nitrogens with two attached hydrogens (primary N) is 1. The van der Waals surface area contributed by atoms with E-state index in [1.165, 1.54) is 32.1 Å². The van der Waals surface area contributed by atoms with Crippen molar-refractivity contribution in [3.8, 4) is 0 Å². The Balaban J connectivity index is 1.97. The first-order valence-electron chi connectivity index (χ1n) is 6.93. The Morgan fingerprint density at radius 3 is 2.53 bits per heavy atom. The maximum atomic E-state index is 8.39. The van der Waals surface area contributed by atoms with Gasteiger partial charge in [-0.3, -0.25) is 0 Å². The lowest BCUT2D eigenvalue weighted by atomic mass is 9.81. The van der Waals surface area contributed by atoms with Crippen LogP contribution in [-0.4, -0.2) is 24.1 Å². The summed E-state index contributed by atoms with van der Waals surface area (Å²) in [7, 11) is 0. The highest BCUT2D eigenvalue weighted by Gasteiger charge is 2.19. The summed E-state index contributed by atoms with van der Waals surface area (Å²) in [5.74, 6) is 2.17. The van der Waals surface area contributed by atoms with Gasteiger partial charge in [0.25, 0.3) is 0 Å². The van der Waals surface area contributed by atoms with E-state index in [0.29, 0.717) is 12.3 Å². The van der Waals surface area contributed by atoms with E-state index in [0.717, 1.165) is 31.3 Å². The van der Waals surface area contributed by atoms with Gasteiger partial charge >= 0.3 is 0 Å². The summed E-state index contributed by atoms with van der Waals surface area (Å²) in [4.78, 5) is 0. The maximum absolute atomic E-state index is 8.39. The number of hydrogen-bond donors (Lipinski definition) is 3. The van der Waals surface area contributed by atoms with Crippen LogP contribution in [0.5, 0.6) is 0 Å². The van der Waals surface area contributed by atoms with Gasteiger partial charge in [-0.1, -0.05) is 31.3 Å². The Morgan fingerprint density at radius 2 is 1.94 bits per heavy atom. The highest BCUT2D eigenvalue weighted by Crippen LogP contribution is 2.29. The third kappa shape index (κ3) is 5.91. The van der Waals surface area contributed by atoms with E-state index in [1.54, 1.807) is 0 Å². The average Bonchev–Trinajstić information content (AvgIpc) is 2.38. The second kappa shape index (κ2) is 8.34. The summed E-state index contributed by atoms with van der Waals surface area (Å²) in [6.45, 7) is 4.40. The third-order valence-corrected chi connectivity index (χ3v) is 3.89. The Morgan fingerprint density at radius 1 is 1.29 bits per heavy atom. The maximum Gasteiger partial charge on any atom is 0.139 e. The molecule has 4 nitrogen and oxygen atoms in total. The minimum Gasteiger partial charge on any atom is -0.409 e. The molecule has 17 heavy (non-hydrogen) atoms. The number of nitrogens with zero attached hydrogens (tertiary/aromatic N) is 1. The first-order chi connectivity index (χ1) is 8.26. The van der Waals surface area contributed by atoms with Crippen LogP contribution in [0, 0.1) is 11.8 Å². The van der Waals surface area contributed by atoms with Crippen molar-refractivity contribution < 1.29 is 5.21 Å². The van der Waals surface area contributed by atoms with Crippen molar-refractivity contribution in [3.63, 3.8) is 0 Å². The van der Waals surface area contributed by atoms with Crippen LogP contribution >= 0.6 is 0 Å². The van der Waals surface area contributed by atoms with E-state index in [4.69, 9.17) is 10.9 Å². The van der Waals surface area contributed by atoms with Gasteiger partial charge in [-0.05, 0) is 44.2 Å². The van der Waals surface area contributed by atoms with Crippen molar-refractivity contribution in [1.82, 2.24) is 5.32 Å². The van der Waals surface area contributed by atoms with E-state index < -0.39 is 0 Å². The molecule has 1 fully saturated rings. The van der Waals surface area contributed by atoms with Gasteiger partial charge < -0.3 is 16.3 Å². The van der Waals surface area contributed by atoms with Crippen LogP contribution in [0.15, 0.2) is 5.16 Å². The predicted molar refractivity (Wildman–Crippen MR) is 71.3 cm³/mol. The highest BCUT2D eigenvalue weighted by atomic mass is 16.4. The fraction of sp³-hybridized carbons (Fsp3) is 0.923. The molecule has 0 aromatic carbocycles. The lowest BCUT2D eigenvalue weighted by Gasteiger charge is -2.27. The number of hydrogen-bond acceptors (Lipinski definition) is 3. The summed E-state index contributed by atoms with van der Waals surface area (Å²) < 4.78 is 0. The quantitative estimate of drug-likeness (QED) is 0.211. The Labute approximate surface area is 105 Å². The van der Waals surface area contributed by atoms with Crippen LogP contribution in [0.1, 0.15) is 51.9 Å². The molecule has 100 valence electrons. The Hall–Kier alpha value is -0.770. The second-order valence-electron chi connectivity index (χ2n) is 5.19. The third-order valence-electron chi connectivity index (χ3n) is 3.89. The lowest BCUT2D eigenvalue weighted by Crippen LogP contribution is -2.27. The normalized spacial score (nSPS) is 26.1. The van der Waals surface area contributed by atoms with Gasteiger partial charge in [0.05, 0.1) is 0 Å². The topological polar surface area (TPSA) is 70.6 Å². The SMILES string of the molecule is CCC1CCC(CNCCCC(N)=NO)CC1. The highest BCUT2D eigenvalue weighted by molar-refractivity contribution is 5.79. The lowest BCUT2D eigenvalue weighted by molar-refractivity contribution is 0.263. The largest absolute Gasteiger partial charge is 0.409 e. The molecule has 0 amide bonds. The zero-order chi connectivity index (χ0) is 12.5. The van der Waals surface area contributed by atoms with E-state index in [9.17, 15) is 0 Å². The van der Waals surface area contributed by atoms with Gasteiger partial charge in [-0.2, -0.15) is 0 Å². The van der Waals surface area contributed by atoms with E-state index >= 15 is 0 Å². The van der Waals surface area contributed by atoms with Crippen molar-refractivity contribution in [2.75, 3.05) is 13.1 Å². The number of nitrogens with one attached hydrogen (secondary N) is 1. The zero-order valence-electron chi connectivity index (χ0n) is 11.0. The number of rotatable bonds is 7. The van der Waals surface area contributed by atoms with Crippen LogP contribution in [-0.2, 0) is 0 Å². The Kier molecular flexibility index (Phi) is 7.01. The number of amidine groups is 1. The van der Waals surface area contributed by atoms with E-state index in [2.05, 4.69) is 17.4 Å². The van der Waals surface area contributed by atoms with Gasteiger partial charge in [0, 0.05) is 6.42 Å². The van der Waals surface area contributed by atoms with Crippen LogP contribution in [0.2, 0.25) is 0 Å². The molecule has 0 bridgehead atoms. The van der Waals surface area contributed by atoms with Gasteiger partial charge in [-0.25, -0.2) is 0 Å². The standard InChI is InChI=1S/C13H27N3O/c1-2-11-5-7-12(8-6-11)10-15-9-3-4-13(14)16-17/h11-12,15,17H,2-10H2,1H3,(H2,14,16). The molecule has 1 aliphatic rings. The van der Waals surface area contributed by atoms with Crippen molar-refractivity contribution >= 4 is 5.84 Å². The van der Waals surface area contributed by atoms with Gasteiger partial charge in [0.1, 0.15) is 5.84 Å². The molecule has 0 aromatic heterocycles. The number of oxime groups is 1. The zero-order valence-corrected chi connectivity index (χ0v) is 11.0. The molecule has 0 heterocycles. The molecular weight excluding hydrogens is 214 g/mol. The Bertz CT molecular complexity index is 223. The van der Waals surface area contributed by atoms with Gasteiger partial charge in [-0.15, -0.1) is 0 Å². The predicted octanol–water partition coefficient (Wildman–Crippen LogP) is 2.32. The fourth-order valence-electron chi connectivity index (χ4n) is 2.59. The molecule has 0 unspecified atom stereocenters. The minimum atomic E-state index is 0.329. The molecule has 0 spiro atoms. The van der Waals surface area contributed by atoms with Crippen molar-refractivity contribution in [3.05, 3.63) is 0 Å². The summed E-state index contributed by atoms with van der Waals surface area (Å²) in [5.41, 5.74) is 5.40. The van der Waals surface area contributed by atoms with Crippen LogP contribution in [0.25, 0.3) is 0 Å². The first kappa shape index (κ1) is 14.3. The minimum absolute atomic E-state index is 0.329. The van der Waals surface area contributed by atoms with Crippen LogP contribution in [0.3, 0.4) is 0 Å². The van der Waals surface area contributed by atoms with Crippen LogP contribution in [0.4, 0.5) is 0 Å². The summed E-state index contributed by atoms with van der Waals surface area (Å²) in [6.07, 6.45) is 8.55. The second-order valence-corrected chi connectivity index (χ2v) is 5.19. The van der Waals surface area contributed by atoms with E-state index in [-0.39, 0.29) is 0 Å². The molecular formula is C13H27N3O.